The Morgan fingerprint density at radius 3 is 2.86 bits per heavy atom. The highest BCUT2D eigenvalue weighted by Crippen LogP contribution is 2.13. The predicted octanol–water partition coefficient (Wildman–Crippen LogP) is 1.06. The molecule has 2 atom stereocenters. The number of ether oxygens (including phenoxy) is 2. The van der Waals surface area contributed by atoms with Gasteiger partial charge in [0.2, 0.25) is 0 Å². The first-order valence-corrected chi connectivity index (χ1v) is 8.13. The lowest BCUT2D eigenvalue weighted by molar-refractivity contribution is 0.0420. The standard InChI is InChI=1S/C15H30N4O2.HI/c1-16-15(18-11-13-5-3-8-19(13)2)17-7-4-9-21-14-6-10-20-12-14;/h13-14H,3-12H2,1-2H3,(H2,16,17,18);1H. The molecule has 0 aliphatic carbocycles. The van der Waals surface area contributed by atoms with E-state index in [4.69, 9.17) is 9.47 Å². The van der Waals surface area contributed by atoms with E-state index in [1.54, 1.807) is 0 Å². The zero-order valence-electron chi connectivity index (χ0n) is 13.8. The third-order valence-electron chi connectivity index (χ3n) is 4.26. The van der Waals surface area contributed by atoms with Crippen LogP contribution >= 0.6 is 24.0 Å². The summed E-state index contributed by atoms with van der Waals surface area (Å²) >= 11 is 0. The molecule has 130 valence electrons. The van der Waals surface area contributed by atoms with Gasteiger partial charge < -0.3 is 25.0 Å². The first kappa shape index (κ1) is 19.9. The van der Waals surface area contributed by atoms with Crippen LogP contribution in [0.2, 0.25) is 0 Å². The van der Waals surface area contributed by atoms with Crippen LogP contribution in [0.25, 0.3) is 0 Å². The molecule has 2 fully saturated rings. The number of likely N-dealkylation sites (tertiary alicyclic amines) is 1. The van der Waals surface area contributed by atoms with Crippen LogP contribution in [0.4, 0.5) is 0 Å². The van der Waals surface area contributed by atoms with Crippen molar-refractivity contribution in [1.82, 2.24) is 15.5 Å². The van der Waals surface area contributed by atoms with Crippen LogP contribution in [-0.2, 0) is 9.47 Å². The van der Waals surface area contributed by atoms with Gasteiger partial charge in [-0.2, -0.15) is 0 Å². The smallest absolute Gasteiger partial charge is 0.191 e. The van der Waals surface area contributed by atoms with Crippen LogP contribution in [0.5, 0.6) is 0 Å². The minimum atomic E-state index is 0. The number of rotatable bonds is 7. The number of likely N-dealkylation sites (N-methyl/N-ethyl adjacent to an activating group) is 1. The van der Waals surface area contributed by atoms with E-state index in [0.717, 1.165) is 51.7 Å². The molecule has 0 saturated carbocycles. The van der Waals surface area contributed by atoms with Gasteiger partial charge in [0, 0.05) is 39.4 Å². The molecule has 0 aromatic carbocycles. The van der Waals surface area contributed by atoms with Crippen LogP contribution < -0.4 is 10.6 Å². The minimum Gasteiger partial charge on any atom is -0.379 e. The van der Waals surface area contributed by atoms with E-state index in [-0.39, 0.29) is 24.0 Å². The normalized spacial score (nSPS) is 26.0. The molecule has 2 N–H and O–H groups in total. The summed E-state index contributed by atoms with van der Waals surface area (Å²) in [5, 5.41) is 6.75. The third-order valence-corrected chi connectivity index (χ3v) is 4.26. The van der Waals surface area contributed by atoms with E-state index in [0.29, 0.717) is 12.1 Å². The van der Waals surface area contributed by atoms with Crippen molar-refractivity contribution in [2.75, 3.05) is 53.6 Å². The molecule has 0 spiro atoms. The monoisotopic (exact) mass is 426 g/mol. The molecule has 0 aromatic rings. The first-order valence-electron chi connectivity index (χ1n) is 8.13. The van der Waals surface area contributed by atoms with Crippen molar-refractivity contribution in [3.8, 4) is 0 Å². The molecule has 2 aliphatic rings. The maximum absolute atomic E-state index is 5.74. The van der Waals surface area contributed by atoms with Crippen LogP contribution in [0.1, 0.15) is 25.7 Å². The maximum atomic E-state index is 5.74. The molecule has 6 nitrogen and oxygen atoms in total. The topological polar surface area (TPSA) is 58.1 Å². The molecule has 2 saturated heterocycles. The second-order valence-corrected chi connectivity index (χ2v) is 5.87. The molecule has 0 bridgehead atoms. The summed E-state index contributed by atoms with van der Waals surface area (Å²) in [5.41, 5.74) is 0. The van der Waals surface area contributed by atoms with Gasteiger partial charge in [0.1, 0.15) is 0 Å². The second kappa shape index (κ2) is 11.4. The highest BCUT2D eigenvalue weighted by atomic mass is 127. The molecule has 2 aliphatic heterocycles. The Hall–Kier alpha value is -0.120. The zero-order valence-corrected chi connectivity index (χ0v) is 16.2. The van der Waals surface area contributed by atoms with Gasteiger partial charge in [0.15, 0.2) is 5.96 Å². The second-order valence-electron chi connectivity index (χ2n) is 5.87. The molecule has 2 rings (SSSR count). The average Bonchev–Trinajstić information content (AvgIpc) is 3.14. The molecule has 7 heteroatoms. The number of aliphatic imine (C=N–C) groups is 1. The Balaban J connectivity index is 0.00000242. The van der Waals surface area contributed by atoms with Gasteiger partial charge in [-0.3, -0.25) is 4.99 Å². The van der Waals surface area contributed by atoms with Gasteiger partial charge in [0.05, 0.1) is 12.7 Å². The van der Waals surface area contributed by atoms with Crippen LogP contribution in [0.15, 0.2) is 4.99 Å². The first-order chi connectivity index (χ1) is 10.3. The summed E-state index contributed by atoms with van der Waals surface area (Å²) in [7, 11) is 4.01. The Morgan fingerprint density at radius 2 is 2.23 bits per heavy atom. The van der Waals surface area contributed by atoms with Crippen LogP contribution in [0, 0.1) is 0 Å². The van der Waals surface area contributed by atoms with E-state index in [2.05, 4.69) is 27.6 Å². The van der Waals surface area contributed by atoms with Gasteiger partial charge in [0.25, 0.3) is 0 Å². The Bertz CT molecular complexity index is 325. The van der Waals surface area contributed by atoms with Gasteiger partial charge in [-0.1, -0.05) is 0 Å². The Kier molecular flexibility index (Phi) is 10.3. The number of nitrogens with one attached hydrogen (secondary N) is 2. The third kappa shape index (κ3) is 6.97. The average molecular weight is 426 g/mol. The Morgan fingerprint density at radius 1 is 1.36 bits per heavy atom. The van der Waals surface area contributed by atoms with E-state index in [1.165, 1.54) is 19.4 Å². The van der Waals surface area contributed by atoms with Crippen molar-refractivity contribution in [3.05, 3.63) is 0 Å². The zero-order chi connectivity index (χ0) is 14.9. The van der Waals surface area contributed by atoms with Crippen molar-refractivity contribution in [3.63, 3.8) is 0 Å². The number of guanidine groups is 1. The summed E-state index contributed by atoms with van der Waals surface area (Å²) in [4.78, 5) is 6.68. The minimum absolute atomic E-state index is 0. The van der Waals surface area contributed by atoms with Crippen molar-refractivity contribution in [2.24, 2.45) is 4.99 Å². The van der Waals surface area contributed by atoms with Crippen molar-refractivity contribution >= 4 is 29.9 Å². The van der Waals surface area contributed by atoms with Gasteiger partial charge in [-0.05, 0) is 39.3 Å². The summed E-state index contributed by atoms with van der Waals surface area (Å²) in [6.45, 7) is 5.43. The van der Waals surface area contributed by atoms with E-state index in [9.17, 15) is 0 Å². The van der Waals surface area contributed by atoms with Gasteiger partial charge in [-0.25, -0.2) is 0 Å². The summed E-state index contributed by atoms with van der Waals surface area (Å²) in [6.07, 6.45) is 4.90. The lowest BCUT2D eigenvalue weighted by atomic mass is 10.2. The Labute approximate surface area is 151 Å². The number of hydrogen-bond donors (Lipinski definition) is 2. The fraction of sp³-hybridized carbons (Fsp3) is 0.933. The molecule has 0 aromatic heterocycles. The highest BCUT2D eigenvalue weighted by molar-refractivity contribution is 14.0. The van der Waals surface area contributed by atoms with E-state index in [1.807, 2.05) is 7.05 Å². The molecule has 0 amide bonds. The van der Waals surface area contributed by atoms with Crippen LogP contribution in [-0.4, -0.2) is 76.6 Å². The van der Waals surface area contributed by atoms with E-state index < -0.39 is 0 Å². The van der Waals surface area contributed by atoms with Crippen molar-refractivity contribution in [1.29, 1.82) is 0 Å². The molecule has 2 heterocycles. The highest BCUT2D eigenvalue weighted by Gasteiger charge is 2.20. The summed E-state index contributed by atoms with van der Waals surface area (Å²) < 4.78 is 11.0. The lowest BCUT2D eigenvalue weighted by Crippen LogP contribution is -2.44. The summed E-state index contributed by atoms with van der Waals surface area (Å²) in [5.74, 6) is 0.888. The van der Waals surface area contributed by atoms with E-state index >= 15 is 0 Å². The lowest BCUT2D eigenvalue weighted by Gasteiger charge is -2.21. The maximum Gasteiger partial charge on any atom is 0.191 e. The number of nitrogens with zero attached hydrogens (tertiary/aromatic N) is 2. The van der Waals surface area contributed by atoms with Crippen LogP contribution in [0.3, 0.4) is 0 Å². The predicted molar refractivity (Wildman–Crippen MR) is 100 cm³/mol. The number of hydrogen-bond acceptors (Lipinski definition) is 4. The SMILES string of the molecule is CN=C(NCCCOC1CCOC1)NCC1CCCN1C.I. The van der Waals surface area contributed by atoms with Gasteiger partial charge in [-0.15, -0.1) is 24.0 Å². The van der Waals surface area contributed by atoms with Crippen molar-refractivity contribution < 1.29 is 9.47 Å². The fourth-order valence-electron chi connectivity index (χ4n) is 2.85. The molecule has 0 radical (unpaired) electrons. The molecular formula is C15H31IN4O2. The molecule has 2 unspecified atom stereocenters. The van der Waals surface area contributed by atoms with Crippen molar-refractivity contribution in [2.45, 2.75) is 37.8 Å². The summed E-state index contributed by atoms with van der Waals surface area (Å²) in [6, 6.07) is 0.634. The number of halogens is 1. The quantitative estimate of drug-likeness (QED) is 0.276. The fourth-order valence-corrected chi connectivity index (χ4v) is 2.85. The molecule has 22 heavy (non-hydrogen) atoms. The van der Waals surface area contributed by atoms with Gasteiger partial charge >= 0.3 is 0 Å². The molecular weight excluding hydrogens is 395 g/mol. The largest absolute Gasteiger partial charge is 0.379 e.